The first-order valence-corrected chi connectivity index (χ1v) is 11.6. The van der Waals surface area contributed by atoms with Gasteiger partial charge in [-0.3, -0.25) is 4.90 Å². The molecule has 2 aromatic rings. The van der Waals surface area contributed by atoms with Gasteiger partial charge in [-0.15, -0.1) is 0 Å². The maximum absolute atomic E-state index is 12.7. The Morgan fingerprint density at radius 2 is 1.84 bits per heavy atom. The molecule has 0 spiro atoms. The largest absolute Gasteiger partial charge is 0.395 e. The molecule has 2 fully saturated rings. The second-order valence-electron chi connectivity index (χ2n) is 9.33. The fourth-order valence-electron chi connectivity index (χ4n) is 5.19. The molecule has 0 bridgehead atoms. The number of hydrogen-bond acceptors (Lipinski definition) is 3. The van der Waals surface area contributed by atoms with Gasteiger partial charge in [-0.2, -0.15) is 0 Å². The zero-order chi connectivity index (χ0) is 22.0. The summed E-state index contributed by atoms with van der Waals surface area (Å²) in [6.45, 7) is 8.76. The quantitative estimate of drug-likeness (QED) is 0.784. The van der Waals surface area contributed by atoms with Crippen molar-refractivity contribution in [3.8, 4) is 11.1 Å². The monoisotopic (exact) mass is 421 g/mol. The molecule has 2 N–H and O–H groups in total. The van der Waals surface area contributed by atoms with E-state index in [-0.39, 0.29) is 36.7 Å². The van der Waals surface area contributed by atoms with Crippen molar-refractivity contribution in [2.75, 3.05) is 26.2 Å². The number of benzene rings is 2. The number of rotatable bonds is 4. The molecule has 5 heteroatoms. The lowest BCUT2D eigenvalue weighted by atomic mass is 9.74. The van der Waals surface area contributed by atoms with Crippen LogP contribution >= 0.6 is 0 Å². The molecule has 0 radical (unpaired) electrons. The van der Waals surface area contributed by atoms with Crippen molar-refractivity contribution in [1.82, 2.24) is 15.1 Å². The molecule has 0 saturated carbocycles. The third-order valence-electron chi connectivity index (χ3n) is 6.72. The lowest BCUT2D eigenvalue weighted by molar-refractivity contribution is -0.0591. The Morgan fingerprint density at radius 3 is 2.52 bits per heavy atom. The third-order valence-corrected chi connectivity index (χ3v) is 6.72. The normalized spacial score (nSPS) is 24.2. The first-order chi connectivity index (χ1) is 15.0. The Hall–Kier alpha value is -2.37. The second kappa shape index (κ2) is 9.41. The van der Waals surface area contributed by atoms with Crippen LogP contribution in [0.25, 0.3) is 11.1 Å². The van der Waals surface area contributed by atoms with Gasteiger partial charge in [0.1, 0.15) is 0 Å². The van der Waals surface area contributed by atoms with Crippen LogP contribution in [-0.4, -0.2) is 65.3 Å². The molecule has 2 aromatic carbocycles. The summed E-state index contributed by atoms with van der Waals surface area (Å²) < 4.78 is 0. The number of aliphatic hydroxyl groups is 1. The van der Waals surface area contributed by atoms with E-state index in [0.29, 0.717) is 6.54 Å². The maximum Gasteiger partial charge on any atom is 0.317 e. The molecule has 2 aliphatic rings. The van der Waals surface area contributed by atoms with Gasteiger partial charge in [0.15, 0.2) is 0 Å². The summed E-state index contributed by atoms with van der Waals surface area (Å²) in [5, 5.41) is 13.2. The highest BCUT2D eigenvalue weighted by atomic mass is 16.3. The van der Waals surface area contributed by atoms with Gasteiger partial charge in [0.05, 0.1) is 6.61 Å². The van der Waals surface area contributed by atoms with Gasteiger partial charge in [0.25, 0.3) is 0 Å². The average molecular weight is 422 g/mol. The highest BCUT2D eigenvalue weighted by molar-refractivity contribution is 5.74. The van der Waals surface area contributed by atoms with Gasteiger partial charge >= 0.3 is 6.03 Å². The summed E-state index contributed by atoms with van der Waals surface area (Å²) in [7, 11) is 0. The van der Waals surface area contributed by atoms with E-state index in [4.69, 9.17) is 0 Å². The van der Waals surface area contributed by atoms with Gasteiger partial charge in [-0.25, -0.2) is 4.79 Å². The topological polar surface area (TPSA) is 55.8 Å². The van der Waals surface area contributed by atoms with Crippen LogP contribution in [0.3, 0.4) is 0 Å². The van der Waals surface area contributed by atoms with Gasteiger partial charge in [-0.05, 0) is 56.8 Å². The summed E-state index contributed by atoms with van der Waals surface area (Å²) in [5.41, 5.74) is 4.94. The Morgan fingerprint density at radius 1 is 1.10 bits per heavy atom. The van der Waals surface area contributed by atoms with Crippen LogP contribution in [-0.2, 0) is 0 Å². The van der Waals surface area contributed by atoms with Crippen LogP contribution in [0.5, 0.6) is 0 Å². The summed E-state index contributed by atoms with van der Waals surface area (Å²) in [6.07, 6.45) is 2.06. The van der Waals surface area contributed by atoms with Crippen molar-refractivity contribution < 1.29 is 9.90 Å². The number of fused-ring (bicyclic) bond motifs is 1. The zero-order valence-corrected chi connectivity index (χ0v) is 18.9. The molecule has 5 nitrogen and oxygen atoms in total. The smallest absolute Gasteiger partial charge is 0.317 e. The molecule has 4 rings (SSSR count). The van der Waals surface area contributed by atoms with Crippen molar-refractivity contribution in [2.45, 2.75) is 57.7 Å². The van der Waals surface area contributed by atoms with E-state index in [1.165, 1.54) is 22.3 Å². The standard InChI is InChI=1S/C26H35N3O2/c1-18(2)27-26(31)28-13-4-5-14-29-23(16-28)25(24(29)17-30)21-11-9-20(10-12-21)22-8-6-7-19(3)15-22/h6-12,15,18,23-25,30H,4-5,13-14,16-17H2,1-3H3,(H,27,31)/t23-,24-,25-/m0/s1. The number of aliphatic hydroxyl groups excluding tert-OH is 1. The van der Waals surface area contributed by atoms with Crippen molar-refractivity contribution in [1.29, 1.82) is 0 Å². The molecule has 2 heterocycles. The third kappa shape index (κ3) is 4.63. The molecule has 0 unspecified atom stereocenters. The van der Waals surface area contributed by atoms with Gasteiger partial charge < -0.3 is 15.3 Å². The van der Waals surface area contributed by atoms with E-state index in [9.17, 15) is 9.90 Å². The van der Waals surface area contributed by atoms with Gasteiger partial charge in [0, 0.05) is 37.1 Å². The number of carbonyl (C=O) groups is 1. The average Bonchev–Trinajstić information content (AvgIpc) is 2.72. The molecular formula is C26H35N3O2. The SMILES string of the molecule is Cc1cccc(-c2ccc([C@@H]3[C@H](CO)N4CCCCN(C(=O)NC(C)C)C[C@@H]34)cc2)c1. The minimum atomic E-state index is 0.0258. The zero-order valence-electron chi connectivity index (χ0n) is 18.9. The van der Waals surface area contributed by atoms with Crippen LogP contribution in [0.2, 0.25) is 0 Å². The molecule has 31 heavy (non-hydrogen) atoms. The summed E-state index contributed by atoms with van der Waals surface area (Å²) in [4.78, 5) is 17.1. The van der Waals surface area contributed by atoms with Crippen LogP contribution < -0.4 is 5.32 Å². The Kier molecular flexibility index (Phi) is 6.63. The Bertz CT molecular complexity index is 896. The molecular weight excluding hydrogens is 386 g/mol. The second-order valence-corrected chi connectivity index (χ2v) is 9.33. The number of aryl methyl sites for hydroxylation is 1. The predicted octanol–water partition coefficient (Wildman–Crippen LogP) is 4.00. The number of nitrogens with one attached hydrogen (secondary N) is 1. The highest BCUT2D eigenvalue weighted by Gasteiger charge is 2.49. The van der Waals surface area contributed by atoms with Gasteiger partial charge in [0.2, 0.25) is 0 Å². The van der Waals surface area contributed by atoms with Crippen LogP contribution in [0.1, 0.15) is 43.7 Å². The highest BCUT2D eigenvalue weighted by Crippen LogP contribution is 2.42. The summed E-state index contributed by atoms with van der Waals surface area (Å²) >= 11 is 0. The molecule has 166 valence electrons. The van der Waals surface area contributed by atoms with E-state index in [0.717, 1.165) is 25.9 Å². The lowest BCUT2D eigenvalue weighted by Crippen LogP contribution is -2.68. The lowest BCUT2D eigenvalue weighted by Gasteiger charge is -2.57. The van der Waals surface area contributed by atoms with Crippen molar-refractivity contribution in [3.63, 3.8) is 0 Å². The minimum Gasteiger partial charge on any atom is -0.395 e. The number of amides is 2. The first kappa shape index (κ1) is 21.8. The summed E-state index contributed by atoms with van der Waals surface area (Å²) in [6, 6.07) is 17.9. The number of carbonyl (C=O) groups excluding carboxylic acids is 1. The number of nitrogens with zero attached hydrogens (tertiary/aromatic N) is 2. The number of hydrogen-bond donors (Lipinski definition) is 2. The maximum atomic E-state index is 12.7. The summed E-state index contributed by atoms with van der Waals surface area (Å²) in [5.74, 6) is 0.240. The van der Waals surface area contributed by atoms with Crippen molar-refractivity contribution in [3.05, 3.63) is 59.7 Å². The Labute approximate surface area is 186 Å². The minimum absolute atomic E-state index is 0.0258. The van der Waals surface area contributed by atoms with E-state index < -0.39 is 0 Å². The number of urea groups is 1. The van der Waals surface area contributed by atoms with Crippen molar-refractivity contribution >= 4 is 6.03 Å². The Balaban J connectivity index is 1.55. The molecule has 0 aliphatic carbocycles. The van der Waals surface area contributed by atoms with Gasteiger partial charge in [-0.1, -0.05) is 54.1 Å². The first-order valence-electron chi connectivity index (χ1n) is 11.6. The van der Waals surface area contributed by atoms with Crippen LogP contribution in [0.4, 0.5) is 4.79 Å². The predicted molar refractivity (Wildman–Crippen MR) is 125 cm³/mol. The molecule has 3 atom stereocenters. The molecule has 2 saturated heterocycles. The van der Waals surface area contributed by atoms with Crippen LogP contribution in [0, 0.1) is 6.92 Å². The van der Waals surface area contributed by atoms with Crippen LogP contribution in [0.15, 0.2) is 48.5 Å². The molecule has 2 aliphatic heterocycles. The van der Waals surface area contributed by atoms with E-state index in [2.05, 4.69) is 65.7 Å². The fourth-order valence-corrected chi connectivity index (χ4v) is 5.19. The van der Waals surface area contributed by atoms with Crippen molar-refractivity contribution in [2.24, 2.45) is 0 Å². The molecule has 0 aromatic heterocycles. The van der Waals surface area contributed by atoms with E-state index in [1.807, 2.05) is 18.7 Å². The van der Waals surface area contributed by atoms with E-state index in [1.54, 1.807) is 0 Å². The molecule has 2 amide bonds. The fraction of sp³-hybridized carbons (Fsp3) is 0.500. The van der Waals surface area contributed by atoms with E-state index >= 15 is 0 Å².